The van der Waals surface area contributed by atoms with Crippen LogP contribution in [0, 0.1) is 0 Å². The van der Waals surface area contributed by atoms with Gasteiger partial charge in [0.25, 0.3) is 0 Å². The monoisotopic (exact) mass is 1050 g/mol. The second-order valence-electron chi connectivity index (χ2n) is 22.8. The molecule has 1 N–H and O–H groups in total. The first-order valence-corrected chi connectivity index (χ1v) is 33.2. The average Bonchev–Trinajstić information content (AvgIpc) is 3.35. The van der Waals surface area contributed by atoms with Crippen LogP contribution in [-0.4, -0.2) is 75.6 Å². The van der Waals surface area contributed by atoms with E-state index < -0.39 is 13.9 Å². The van der Waals surface area contributed by atoms with Crippen LogP contribution in [0.1, 0.15) is 309 Å². The number of quaternary nitrogens is 1. The van der Waals surface area contributed by atoms with E-state index >= 15 is 0 Å². The molecule has 0 saturated carbocycles. The number of carbonyl (C=O) groups excluding carboxylic acids is 1. The predicted octanol–water partition coefficient (Wildman–Crippen LogP) is 20.4. The Morgan fingerprint density at radius 2 is 0.753 bits per heavy atom. The van der Waals surface area contributed by atoms with Gasteiger partial charge in [-0.1, -0.05) is 288 Å². The van der Waals surface area contributed by atoms with Crippen molar-refractivity contribution in [2.24, 2.45) is 0 Å². The van der Waals surface area contributed by atoms with Crippen LogP contribution in [0.3, 0.4) is 0 Å². The van der Waals surface area contributed by atoms with E-state index in [9.17, 15) is 14.3 Å². The Labute approximate surface area is 455 Å². The van der Waals surface area contributed by atoms with Crippen LogP contribution in [0.5, 0.6) is 0 Å². The van der Waals surface area contributed by atoms with Gasteiger partial charge in [0.05, 0.1) is 34.4 Å². The largest absolute Gasteiger partial charge is 0.472 e. The maximum atomic E-state index is 12.8. The normalized spacial score (nSPS) is 13.6. The molecule has 0 saturated heterocycles. The Balaban J connectivity index is 4.00. The Morgan fingerprint density at radius 3 is 1.12 bits per heavy atom. The van der Waals surface area contributed by atoms with Crippen LogP contribution in [0.25, 0.3) is 0 Å². The fraction of sp³-hybridized carbons (Fsp3) is 0.891. The van der Waals surface area contributed by atoms with Gasteiger partial charge in [-0.3, -0.25) is 13.8 Å². The molecule has 8 nitrogen and oxygen atoms in total. The van der Waals surface area contributed by atoms with Crippen LogP contribution in [0.2, 0.25) is 0 Å². The van der Waals surface area contributed by atoms with Crippen molar-refractivity contribution in [1.29, 1.82) is 0 Å². The van der Waals surface area contributed by atoms with Gasteiger partial charge in [-0.25, -0.2) is 4.57 Å². The summed E-state index contributed by atoms with van der Waals surface area (Å²) in [5.74, 6) is -0.307. The molecule has 2 unspecified atom stereocenters. The third-order valence-electron chi connectivity index (χ3n) is 14.2. The van der Waals surface area contributed by atoms with Gasteiger partial charge in [-0.2, -0.15) is 0 Å². The molecule has 0 fully saturated rings. The molecule has 0 radical (unpaired) electrons. The molecule has 0 bridgehead atoms. The summed E-state index contributed by atoms with van der Waals surface area (Å²) < 4.78 is 35.4. The van der Waals surface area contributed by atoms with Crippen LogP contribution in [0.4, 0.5) is 0 Å². The molecule has 0 aromatic rings. The highest BCUT2D eigenvalue weighted by atomic mass is 31.2. The summed E-state index contributed by atoms with van der Waals surface area (Å²) in [5, 5.41) is 0. The smallest absolute Gasteiger partial charge is 0.457 e. The maximum absolute atomic E-state index is 12.8. The van der Waals surface area contributed by atoms with Crippen molar-refractivity contribution in [3.63, 3.8) is 0 Å². The number of phosphoric ester groups is 1. The average molecular weight is 1050 g/mol. The molecule has 0 aliphatic carbocycles. The number of rotatable bonds is 60. The van der Waals surface area contributed by atoms with Gasteiger partial charge < -0.3 is 18.9 Å². The van der Waals surface area contributed by atoms with E-state index in [1.807, 2.05) is 21.1 Å². The lowest BCUT2D eigenvalue weighted by Gasteiger charge is -2.24. The Kier molecular flexibility index (Phi) is 55.9. The Morgan fingerprint density at radius 1 is 0.425 bits per heavy atom. The molecule has 0 aromatic heterocycles. The minimum Gasteiger partial charge on any atom is -0.457 e. The summed E-state index contributed by atoms with van der Waals surface area (Å²) in [6.45, 7) is 5.67. The lowest BCUT2D eigenvalue weighted by atomic mass is 10.0. The molecular weight excluding hydrogens is 926 g/mol. The van der Waals surface area contributed by atoms with Crippen molar-refractivity contribution >= 4 is 13.8 Å². The standard InChI is InChI=1S/C64H124NO7P/c1-6-8-10-12-14-16-18-20-22-24-26-28-30-32-34-36-38-40-42-44-46-48-50-52-54-56-59-69-61-63(62-71-73(67,68)70-60-58-65(3,4)5)72-64(66)57-55-53-51-49-47-45-43-41-39-37-35-33-31-29-27-25-23-21-19-17-15-13-11-9-7-2/h18,20,24,26,30,32,63H,6-17,19,21-23,25,27-29,31,33-62H2,1-5H3/p+1/b20-18-,26-24-,32-30-. The highest BCUT2D eigenvalue weighted by molar-refractivity contribution is 7.47. The van der Waals surface area contributed by atoms with Gasteiger partial charge in [-0.15, -0.1) is 0 Å². The van der Waals surface area contributed by atoms with E-state index in [4.69, 9.17) is 18.5 Å². The number of hydrogen-bond donors (Lipinski definition) is 1. The summed E-state index contributed by atoms with van der Waals surface area (Å²) in [5.41, 5.74) is 0. The summed E-state index contributed by atoms with van der Waals surface area (Å²) in [6, 6.07) is 0. The summed E-state index contributed by atoms with van der Waals surface area (Å²) in [7, 11) is 1.68. The number of unbranched alkanes of at least 4 members (excludes halogenated alkanes) is 40. The maximum Gasteiger partial charge on any atom is 0.472 e. The van der Waals surface area contributed by atoms with E-state index in [1.54, 1.807) is 0 Å². The third kappa shape index (κ3) is 61.5. The van der Waals surface area contributed by atoms with Crippen molar-refractivity contribution in [1.82, 2.24) is 0 Å². The summed E-state index contributed by atoms with van der Waals surface area (Å²) in [6.07, 6.45) is 72.3. The van der Waals surface area contributed by atoms with Crippen molar-refractivity contribution in [3.8, 4) is 0 Å². The van der Waals surface area contributed by atoms with Gasteiger partial charge in [0.1, 0.15) is 19.3 Å². The van der Waals surface area contributed by atoms with Crippen molar-refractivity contribution in [2.75, 3.05) is 54.1 Å². The number of phosphoric acid groups is 1. The molecule has 0 heterocycles. The number of allylic oxidation sites excluding steroid dienone is 6. The van der Waals surface area contributed by atoms with E-state index in [-0.39, 0.29) is 25.8 Å². The van der Waals surface area contributed by atoms with Crippen LogP contribution >= 0.6 is 7.82 Å². The van der Waals surface area contributed by atoms with E-state index in [2.05, 4.69) is 50.3 Å². The Hall–Kier alpha value is -1.28. The number of nitrogens with zero attached hydrogens (tertiary/aromatic N) is 1. The van der Waals surface area contributed by atoms with E-state index in [0.717, 1.165) is 44.9 Å². The molecule has 0 spiro atoms. The molecule has 432 valence electrons. The molecule has 0 aromatic carbocycles. The van der Waals surface area contributed by atoms with Gasteiger partial charge in [0, 0.05) is 13.0 Å². The number of hydrogen-bond acceptors (Lipinski definition) is 6. The van der Waals surface area contributed by atoms with Crippen molar-refractivity contribution in [2.45, 2.75) is 315 Å². The molecule has 2 atom stereocenters. The second kappa shape index (κ2) is 56.9. The van der Waals surface area contributed by atoms with E-state index in [1.165, 1.54) is 244 Å². The lowest BCUT2D eigenvalue weighted by Crippen LogP contribution is -2.37. The van der Waals surface area contributed by atoms with Gasteiger partial charge >= 0.3 is 13.8 Å². The highest BCUT2D eigenvalue weighted by Crippen LogP contribution is 2.43. The zero-order valence-electron chi connectivity index (χ0n) is 49.4. The van der Waals surface area contributed by atoms with Crippen LogP contribution in [0.15, 0.2) is 36.5 Å². The van der Waals surface area contributed by atoms with Crippen LogP contribution in [-0.2, 0) is 27.9 Å². The Bertz CT molecular complexity index is 1260. The topological polar surface area (TPSA) is 91.3 Å². The summed E-state index contributed by atoms with van der Waals surface area (Å²) in [4.78, 5) is 23.1. The minimum absolute atomic E-state index is 0.0899. The fourth-order valence-electron chi connectivity index (χ4n) is 9.33. The molecule has 0 aliphatic rings. The second-order valence-corrected chi connectivity index (χ2v) is 24.3. The zero-order chi connectivity index (χ0) is 53.3. The van der Waals surface area contributed by atoms with Crippen molar-refractivity contribution < 1.29 is 37.3 Å². The molecular formula is C64H125NO7P+. The quantitative estimate of drug-likeness (QED) is 0.0213. The molecule has 0 aliphatic heterocycles. The SMILES string of the molecule is CCCCCCC/C=C\C/C=C\C/C=C\CCCCCCCCCCCCCOCC(COP(=O)(O)OCC[N+](C)(C)C)OC(=O)CCCCCCCCCCCCCCCCCCCCCCCCCCC. The predicted molar refractivity (Wildman–Crippen MR) is 316 cm³/mol. The molecule has 9 heteroatoms. The number of esters is 1. The number of carbonyl (C=O) groups is 1. The summed E-state index contributed by atoms with van der Waals surface area (Å²) >= 11 is 0. The van der Waals surface area contributed by atoms with E-state index in [0.29, 0.717) is 24.1 Å². The molecule has 0 rings (SSSR count). The molecule has 73 heavy (non-hydrogen) atoms. The molecule has 0 amide bonds. The first-order chi connectivity index (χ1) is 35.6. The third-order valence-corrected chi connectivity index (χ3v) is 15.2. The first-order valence-electron chi connectivity index (χ1n) is 31.7. The lowest BCUT2D eigenvalue weighted by molar-refractivity contribution is -0.870. The van der Waals surface area contributed by atoms with Gasteiger partial charge in [-0.05, 0) is 51.4 Å². The zero-order valence-corrected chi connectivity index (χ0v) is 50.3. The first kappa shape index (κ1) is 71.7. The van der Waals surface area contributed by atoms with Crippen molar-refractivity contribution in [3.05, 3.63) is 36.5 Å². The van der Waals surface area contributed by atoms with Gasteiger partial charge in [0.2, 0.25) is 0 Å². The van der Waals surface area contributed by atoms with Crippen LogP contribution < -0.4 is 0 Å². The number of likely N-dealkylation sites (N-methyl/N-ethyl adjacent to an activating group) is 1. The fourth-order valence-corrected chi connectivity index (χ4v) is 10.1. The highest BCUT2D eigenvalue weighted by Gasteiger charge is 2.26. The number of ether oxygens (including phenoxy) is 2. The van der Waals surface area contributed by atoms with Gasteiger partial charge in [0.15, 0.2) is 0 Å². The minimum atomic E-state index is -4.29.